The number of nitrogens with two attached hydrogens (primary N) is 1. The van der Waals surface area contributed by atoms with Gasteiger partial charge in [-0.3, -0.25) is 9.36 Å². The van der Waals surface area contributed by atoms with E-state index in [1.54, 1.807) is 0 Å². The van der Waals surface area contributed by atoms with Crippen molar-refractivity contribution in [1.82, 2.24) is 24.6 Å². The Bertz CT molecular complexity index is 1690. The molecule has 6 rings (SSSR count). The minimum Gasteiger partial charge on any atom is -0.479 e. The van der Waals surface area contributed by atoms with E-state index in [1.807, 2.05) is 67.8 Å². The Morgan fingerprint density at radius 2 is 1.87 bits per heavy atom. The molecule has 1 saturated heterocycles. The van der Waals surface area contributed by atoms with Crippen molar-refractivity contribution in [3.8, 4) is 11.6 Å². The number of nitrogen functional groups attached to an aromatic ring is 1. The highest BCUT2D eigenvalue weighted by Gasteiger charge is 2.38. The molecule has 1 saturated carbocycles. The van der Waals surface area contributed by atoms with Gasteiger partial charge in [0.15, 0.2) is 11.2 Å². The largest absolute Gasteiger partial charge is 0.479 e. The third-order valence-corrected chi connectivity index (χ3v) is 10.1. The Morgan fingerprint density at radius 1 is 1.11 bits per heavy atom. The van der Waals surface area contributed by atoms with Crippen LogP contribution >= 0.6 is 8.53 Å². The zero-order chi connectivity index (χ0) is 33.1. The molecule has 2 aromatic carbocycles. The van der Waals surface area contributed by atoms with Crippen LogP contribution in [0.2, 0.25) is 0 Å². The van der Waals surface area contributed by atoms with Crippen molar-refractivity contribution in [2.24, 2.45) is 11.8 Å². The number of fused-ring (bicyclic) bond motifs is 2. The van der Waals surface area contributed by atoms with Gasteiger partial charge in [0.2, 0.25) is 11.8 Å². The summed E-state index contributed by atoms with van der Waals surface area (Å²) in [5.41, 5.74) is 7.09. The standard InChI is InChI=1S/C34H45N6O6P/c1-20(2)28(33(41)45-24-14-7-6-8-15-24)39-47(46-27-17-11-13-23-12-9-10-16-26(23)27)43-19-25-18-21(3)32(44-25)40-22(4)36-29-30(40)37-34(35)38-31(29)42-5/h9-13,16-17,20-21,24-25,28,32,39H,6-8,14-15,18-19H2,1-5H3,(H2,35,37,38). The van der Waals surface area contributed by atoms with E-state index in [2.05, 4.69) is 27.0 Å². The molecule has 2 aromatic heterocycles. The molecule has 5 atom stereocenters. The Labute approximate surface area is 276 Å². The smallest absolute Gasteiger partial charge is 0.324 e. The van der Waals surface area contributed by atoms with Crippen molar-refractivity contribution in [3.05, 3.63) is 48.3 Å². The number of rotatable bonds is 12. The maximum absolute atomic E-state index is 13.5. The molecule has 0 amide bonds. The molecular formula is C34H45N6O6P. The third kappa shape index (κ3) is 7.46. The van der Waals surface area contributed by atoms with Gasteiger partial charge in [-0.2, -0.15) is 9.97 Å². The summed E-state index contributed by atoms with van der Waals surface area (Å²) in [5.74, 6) is 1.62. The number of benzene rings is 2. The van der Waals surface area contributed by atoms with Crippen molar-refractivity contribution >= 4 is 42.4 Å². The summed E-state index contributed by atoms with van der Waals surface area (Å²) in [6, 6.07) is 13.4. The fourth-order valence-electron chi connectivity index (χ4n) is 6.47. The quantitative estimate of drug-likeness (QED) is 0.125. The number of ether oxygens (including phenoxy) is 3. The molecule has 0 spiro atoms. The summed E-state index contributed by atoms with van der Waals surface area (Å²) in [6.07, 6.45) is 5.26. The molecule has 3 heterocycles. The van der Waals surface area contributed by atoms with Gasteiger partial charge in [-0.1, -0.05) is 63.6 Å². The normalized spacial score (nSPS) is 21.7. The third-order valence-electron chi connectivity index (χ3n) is 8.91. The van der Waals surface area contributed by atoms with Crippen LogP contribution in [0.25, 0.3) is 21.9 Å². The summed E-state index contributed by atoms with van der Waals surface area (Å²) in [6.45, 7) is 8.28. The predicted octanol–water partition coefficient (Wildman–Crippen LogP) is 6.61. The number of hydrogen-bond acceptors (Lipinski definition) is 11. The summed E-state index contributed by atoms with van der Waals surface area (Å²) in [5, 5.41) is 5.43. The molecule has 1 aliphatic heterocycles. The van der Waals surface area contributed by atoms with E-state index in [-0.39, 0.29) is 48.8 Å². The molecule has 1 aliphatic carbocycles. The van der Waals surface area contributed by atoms with Crippen LogP contribution in [0.3, 0.4) is 0 Å². The lowest BCUT2D eigenvalue weighted by Crippen LogP contribution is -2.42. The van der Waals surface area contributed by atoms with Gasteiger partial charge in [-0.05, 0) is 56.4 Å². The van der Waals surface area contributed by atoms with E-state index in [0.29, 0.717) is 22.8 Å². The van der Waals surface area contributed by atoms with Crippen LogP contribution in [0.4, 0.5) is 5.95 Å². The predicted molar refractivity (Wildman–Crippen MR) is 181 cm³/mol. The van der Waals surface area contributed by atoms with Gasteiger partial charge in [-0.15, -0.1) is 0 Å². The van der Waals surface area contributed by atoms with Gasteiger partial charge in [-0.25, -0.2) is 10.1 Å². The number of aryl methyl sites for hydroxylation is 1. The van der Waals surface area contributed by atoms with Crippen molar-refractivity contribution < 1.29 is 28.1 Å². The number of nitrogens with zero attached hydrogens (tertiary/aromatic N) is 4. The van der Waals surface area contributed by atoms with Crippen LogP contribution in [0.1, 0.15) is 71.3 Å². The Balaban J connectivity index is 1.21. The second-order valence-corrected chi connectivity index (χ2v) is 14.0. The van der Waals surface area contributed by atoms with Crippen LogP contribution in [-0.4, -0.2) is 57.5 Å². The van der Waals surface area contributed by atoms with E-state index >= 15 is 0 Å². The average molecular weight is 665 g/mol. The number of imidazole rings is 1. The number of anilines is 1. The van der Waals surface area contributed by atoms with Crippen LogP contribution in [0.5, 0.6) is 11.6 Å². The summed E-state index contributed by atoms with van der Waals surface area (Å²) in [7, 11) is -0.245. The molecule has 47 heavy (non-hydrogen) atoms. The molecule has 12 nitrogen and oxygen atoms in total. The lowest BCUT2D eigenvalue weighted by atomic mass is 9.97. The number of nitrogens with one attached hydrogen (secondary N) is 1. The minimum absolute atomic E-state index is 0.0426. The first kappa shape index (κ1) is 33.3. The summed E-state index contributed by atoms with van der Waals surface area (Å²) >= 11 is 0. The fourth-order valence-corrected chi connectivity index (χ4v) is 7.93. The van der Waals surface area contributed by atoms with Crippen molar-refractivity contribution in [1.29, 1.82) is 0 Å². The van der Waals surface area contributed by atoms with E-state index in [0.717, 1.165) is 48.7 Å². The topological polar surface area (TPSA) is 145 Å². The van der Waals surface area contributed by atoms with E-state index in [4.69, 9.17) is 29.0 Å². The molecule has 252 valence electrons. The lowest BCUT2D eigenvalue weighted by molar-refractivity contribution is -0.153. The minimum atomic E-state index is -1.78. The number of methoxy groups -OCH3 is 1. The van der Waals surface area contributed by atoms with Crippen molar-refractivity contribution in [2.45, 2.75) is 90.7 Å². The lowest BCUT2D eigenvalue weighted by Gasteiger charge is -2.29. The van der Waals surface area contributed by atoms with Gasteiger partial charge in [0.05, 0.1) is 19.8 Å². The van der Waals surface area contributed by atoms with Gasteiger partial charge in [0, 0.05) is 11.3 Å². The second kappa shape index (κ2) is 14.7. The molecule has 2 aliphatic rings. The number of hydrogen-bond donors (Lipinski definition) is 2. The van der Waals surface area contributed by atoms with Crippen molar-refractivity contribution in [3.63, 3.8) is 0 Å². The van der Waals surface area contributed by atoms with Gasteiger partial charge in [0.1, 0.15) is 29.9 Å². The van der Waals surface area contributed by atoms with E-state index < -0.39 is 14.6 Å². The molecule has 0 radical (unpaired) electrons. The molecule has 3 N–H and O–H groups in total. The van der Waals surface area contributed by atoms with Gasteiger partial charge >= 0.3 is 14.5 Å². The first-order valence-electron chi connectivity index (χ1n) is 16.5. The van der Waals surface area contributed by atoms with Gasteiger partial charge in [0.25, 0.3) is 0 Å². The Hall–Kier alpha value is -3.57. The fraction of sp³-hybridized carbons (Fsp3) is 0.529. The SMILES string of the molecule is COc1nc(N)nc2c1nc(C)n2C1OC(COP(NC(C(=O)OC2CCCCC2)C(C)C)Oc2cccc3ccccc23)CC1C. The average Bonchev–Trinajstić information content (AvgIpc) is 3.59. The maximum atomic E-state index is 13.5. The van der Waals surface area contributed by atoms with Crippen LogP contribution < -0.4 is 20.1 Å². The van der Waals surface area contributed by atoms with Gasteiger partial charge < -0.3 is 29.0 Å². The molecule has 0 bridgehead atoms. The highest BCUT2D eigenvalue weighted by Crippen LogP contribution is 2.43. The molecule has 5 unspecified atom stereocenters. The first-order chi connectivity index (χ1) is 22.7. The number of aromatic nitrogens is 4. The van der Waals surface area contributed by atoms with E-state index in [1.165, 1.54) is 13.5 Å². The molecular weight excluding hydrogens is 619 g/mol. The highest BCUT2D eigenvalue weighted by molar-refractivity contribution is 7.45. The number of carbonyl (C=O) groups excluding carboxylic acids is 1. The number of esters is 1. The monoisotopic (exact) mass is 664 g/mol. The van der Waals surface area contributed by atoms with Crippen LogP contribution in [0.15, 0.2) is 42.5 Å². The zero-order valence-corrected chi connectivity index (χ0v) is 28.6. The van der Waals surface area contributed by atoms with Crippen LogP contribution in [-0.2, 0) is 18.8 Å². The molecule has 4 aromatic rings. The highest BCUT2D eigenvalue weighted by atomic mass is 31.2. The summed E-state index contributed by atoms with van der Waals surface area (Å²) in [4.78, 5) is 26.8. The van der Waals surface area contributed by atoms with Crippen molar-refractivity contribution in [2.75, 3.05) is 19.5 Å². The zero-order valence-electron chi connectivity index (χ0n) is 27.7. The Morgan fingerprint density at radius 3 is 2.64 bits per heavy atom. The molecule has 13 heteroatoms. The van der Waals surface area contributed by atoms with Crippen LogP contribution in [0, 0.1) is 18.8 Å². The maximum Gasteiger partial charge on any atom is 0.324 e. The van der Waals surface area contributed by atoms with E-state index in [9.17, 15) is 4.79 Å². The number of carbonyl (C=O) groups is 1. The Kier molecular flexibility index (Phi) is 10.4. The molecule has 2 fully saturated rings. The summed E-state index contributed by atoms with van der Waals surface area (Å²) < 4.78 is 33.0. The first-order valence-corrected chi connectivity index (χ1v) is 17.7. The second-order valence-electron chi connectivity index (χ2n) is 12.8.